The number of alkyl halides is 1. The Hall–Kier alpha value is -1.80. The Bertz CT molecular complexity index is 589. The quantitative estimate of drug-likeness (QED) is 0.841. The second kappa shape index (κ2) is 4.71. The van der Waals surface area contributed by atoms with Gasteiger partial charge in [0.25, 0.3) is 0 Å². The summed E-state index contributed by atoms with van der Waals surface area (Å²) < 4.78 is 20.7. The molecule has 3 atom stereocenters. The van der Waals surface area contributed by atoms with E-state index in [0.717, 1.165) is 0 Å². The van der Waals surface area contributed by atoms with E-state index in [4.69, 9.17) is 9.84 Å². The van der Waals surface area contributed by atoms with E-state index >= 15 is 0 Å². The van der Waals surface area contributed by atoms with E-state index in [1.807, 2.05) is 0 Å². The molecule has 3 rings (SSSR count). The summed E-state index contributed by atoms with van der Waals surface area (Å²) in [6, 6.07) is 0. The van der Waals surface area contributed by atoms with Crippen LogP contribution in [0.15, 0.2) is 12.7 Å². The van der Waals surface area contributed by atoms with Gasteiger partial charge in [-0.15, -0.1) is 0 Å². The van der Waals surface area contributed by atoms with Gasteiger partial charge >= 0.3 is 0 Å². The summed E-state index contributed by atoms with van der Waals surface area (Å²) in [6.45, 7) is -0.332. The number of rotatable bonds is 3. The van der Waals surface area contributed by atoms with Crippen LogP contribution in [0.5, 0.6) is 0 Å². The predicted molar refractivity (Wildman–Crippen MR) is 65.4 cm³/mol. The van der Waals surface area contributed by atoms with Gasteiger partial charge in [0.15, 0.2) is 11.5 Å². The first kappa shape index (κ1) is 12.2. The molecule has 1 aliphatic heterocycles. The van der Waals surface area contributed by atoms with Gasteiger partial charge in [0.05, 0.1) is 12.9 Å². The van der Waals surface area contributed by atoms with Crippen molar-refractivity contribution in [2.24, 2.45) is 0 Å². The van der Waals surface area contributed by atoms with Crippen molar-refractivity contribution < 1.29 is 14.2 Å². The number of ether oxygens (including phenoxy) is 1. The van der Waals surface area contributed by atoms with E-state index in [0.29, 0.717) is 17.0 Å². The number of aromatic nitrogens is 4. The number of fused-ring (bicyclic) bond motifs is 1. The molecule has 102 valence electrons. The number of nitrogens with one attached hydrogen (secondary N) is 1. The Morgan fingerprint density at radius 3 is 3.05 bits per heavy atom. The summed E-state index contributed by atoms with van der Waals surface area (Å²) in [5.74, 6) is 0.609. The molecular formula is C11H14FN5O2. The maximum Gasteiger partial charge on any atom is 0.167 e. The summed E-state index contributed by atoms with van der Waals surface area (Å²) in [6.07, 6.45) is 0.674. The monoisotopic (exact) mass is 267 g/mol. The van der Waals surface area contributed by atoms with Crippen LogP contribution >= 0.6 is 0 Å². The van der Waals surface area contributed by atoms with E-state index in [2.05, 4.69) is 20.3 Å². The molecule has 7 nitrogen and oxygen atoms in total. The first-order valence-corrected chi connectivity index (χ1v) is 6.00. The third-order valence-corrected chi connectivity index (χ3v) is 3.25. The molecule has 0 bridgehead atoms. The maximum absolute atomic E-state index is 13.6. The lowest BCUT2D eigenvalue weighted by Gasteiger charge is -2.13. The number of hydrogen-bond acceptors (Lipinski definition) is 6. The largest absolute Gasteiger partial charge is 0.394 e. The summed E-state index contributed by atoms with van der Waals surface area (Å²) in [7, 11) is 1.74. The van der Waals surface area contributed by atoms with Crippen LogP contribution in [0.1, 0.15) is 12.6 Å². The van der Waals surface area contributed by atoms with Gasteiger partial charge in [0.2, 0.25) is 0 Å². The zero-order chi connectivity index (χ0) is 13.4. The average molecular weight is 267 g/mol. The van der Waals surface area contributed by atoms with Crippen molar-refractivity contribution in [3.63, 3.8) is 0 Å². The molecule has 2 N–H and O–H groups in total. The van der Waals surface area contributed by atoms with Crippen LogP contribution in [0.2, 0.25) is 0 Å². The highest BCUT2D eigenvalue weighted by Crippen LogP contribution is 2.32. The minimum Gasteiger partial charge on any atom is -0.394 e. The molecule has 1 unspecified atom stereocenters. The number of aliphatic hydroxyl groups is 1. The number of nitrogens with zero attached hydrogens (tertiary/aromatic N) is 4. The molecule has 3 heterocycles. The summed E-state index contributed by atoms with van der Waals surface area (Å²) >= 11 is 0. The Morgan fingerprint density at radius 1 is 1.53 bits per heavy atom. The van der Waals surface area contributed by atoms with Crippen molar-refractivity contribution in [2.75, 3.05) is 19.0 Å². The standard InChI is InChI=1S/C11H14FN5O2/c1-13-10-9-11(15-4-14-10)17(5-16-9)8-2-6(12)7(3-18)19-8/h4-8,18H,2-3H2,1H3,(H,13,14,15)/t6-,7+,8?/m0/s1. The number of anilines is 1. The van der Waals surface area contributed by atoms with Crippen LogP contribution in [0.25, 0.3) is 11.2 Å². The lowest BCUT2D eigenvalue weighted by molar-refractivity contribution is -0.0323. The van der Waals surface area contributed by atoms with Crippen LogP contribution < -0.4 is 5.32 Å². The summed E-state index contributed by atoms with van der Waals surface area (Å²) in [4.78, 5) is 12.4. The van der Waals surface area contributed by atoms with Crippen LogP contribution in [-0.4, -0.2) is 50.6 Å². The number of hydrogen-bond donors (Lipinski definition) is 2. The van der Waals surface area contributed by atoms with E-state index in [9.17, 15) is 4.39 Å². The number of aliphatic hydroxyl groups excluding tert-OH is 1. The van der Waals surface area contributed by atoms with Crippen LogP contribution in [0.4, 0.5) is 10.2 Å². The van der Waals surface area contributed by atoms with E-state index in [1.165, 1.54) is 6.33 Å². The second-order valence-electron chi connectivity index (χ2n) is 4.36. The number of halogens is 1. The third-order valence-electron chi connectivity index (χ3n) is 3.25. The fourth-order valence-corrected chi connectivity index (χ4v) is 2.27. The molecule has 0 spiro atoms. The smallest absolute Gasteiger partial charge is 0.167 e. The molecule has 0 aliphatic carbocycles. The molecule has 0 aromatic carbocycles. The molecular weight excluding hydrogens is 253 g/mol. The Kier molecular flexibility index (Phi) is 3.03. The van der Waals surface area contributed by atoms with Crippen molar-refractivity contribution in [3.8, 4) is 0 Å². The van der Waals surface area contributed by atoms with Crippen LogP contribution in [-0.2, 0) is 4.74 Å². The van der Waals surface area contributed by atoms with Crippen LogP contribution in [0.3, 0.4) is 0 Å². The lowest BCUT2D eigenvalue weighted by atomic mass is 10.2. The lowest BCUT2D eigenvalue weighted by Crippen LogP contribution is -2.21. The van der Waals surface area contributed by atoms with Gasteiger partial charge in [-0.3, -0.25) is 4.57 Å². The zero-order valence-corrected chi connectivity index (χ0v) is 10.3. The van der Waals surface area contributed by atoms with E-state index < -0.39 is 18.5 Å². The van der Waals surface area contributed by atoms with E-state index in [1.54, 1.807) is 17.9 Å². The molecule has 2 aromatic heterocycles. The average Bonchev–Trinajstić information content (AvgIpc) is 3.01. The first-order valence-electron chi connectivity index (χ1n) is 6.00. The van der Waals surface area contributed by atoms with Gasteiger partial charge in [-0.05, 0) is 0 Å². The molecule has 8 heteroatoms. The van der Waals surface area contributed by atoms with Gasteiger partial charge in [-0.2, -0.15) is 0 Å². The van der Waals surface area contributed by atoms with Crippen molar-refractivity contribution in [1.82, 2.24) is 19.5 Å². The SMILES string of the molecule is CNc1ncnc2c1ncn2C1C[C@H](F)[C@@H](CO)O1. The van der Waals surface area contributed by atoms with Gasteiger partial charge in [0.1, 0.15) is 30.3 Å². The first-order chi connectivity index (χ1) is 9.24. The Balaban J connectivity index is 1.98. The predicted octanol–water partition coefficient (Wildman–Crippen LogP) is 0.486. The number of imidazole rings is 1. The topological polar surface area (TPSA) is 85.1 Å². The highest BCUT2D eigenvalue weighted by molar-refractivity contribution is 5.82. The molecule has 1 fully saturated rings. The van der Waals surface area contributed by atoms with Crippen molar-refractivity contribution >= 4 is 17.0 Å². The molecule has 2 aromatic rings. The van der Waals surface area contributed by atoms with Gasteiger partial charge in [-0.25, -0.2) is 19.3 Å². The zero-order valence-electron chi connectivity index (χ0n) is 10.3. The highest BCUT2D eigenvalue weighted by atomic mass is 19.1. The van der Waals surface area contributed by atoms with Crippen molar-refractivity contribution in [2.45, 2.75) is 24.9 Å². The molecule has 1 saturated heterocycles. The Labute approximate surface area is 108 Å². The van der Waals surface area contributed by atoms with Gasteiger partial charge < -0.3 is 15.2 Å². The molecule has 0 amide bonds. The van der Waals surface area contributed by atoms with Gasteiger partial charge in [-0.1, -0.05) is 0 Å². The van der Waals surface area contributed by atoms with E-state index in [-0.39, 0.29) is 13.0 Å². The molecule has 0 radical (unpaired) electrons. The fraction of sp³-hybridized carbons (Fsp3) is 0.545. The Morgan fingerprint density at radius 2 is 2.37 bits per heavy atom. The van der Waals surface area contributed by atoms with Crippen molar-refractivity contribution in [3.05, 3.63) is 12.7 Å². The fourth-order valence-electron chi connectivity index (χ4n) is 2.27. The second-order valence-corrected chi connectivity index (χ2v) is 4.36. The normalized spacial score (nSPS) is 27.0. The van der Waals surface area contributed by atoms with Crippen LogP contribution in [0, 0.1) is 0 Å². The third kappa shape index (κ3) is 1.92. The maximum atomic E-state index is 13.6. The summed E-state index contributed by atoms with van der Waals surface area (Å²) in [5, 5.41) is 11.9. The molecule has 0 saturated carbocycles. The molecule has 1 aliphatic rings. The van der Waals surface area contributed by atoms with Crippen molar-refractivity contribution in [1.29, 1.82) is 0 Å². The summed E-state index contributed by atoms with van der Waals surface area (Å²) in [5.41, 5.74) is 1.19. The van der Waals surface area contributed by atoms with Gasteiger partial charge in [0, 0.05) is 13.5 Å². The minimum absolute atomic E-state index is 0.176. The highest BCUT2D eigenvalue weighted by Gasteiger charge is 2.36. The molecule has 19 heavy (non-hydrogen) atoms. The minimum atomic E-state index is -1.18.